The van der Waals surface area contributed by atoms with Crippen molar-refractivity contribution in [3.8, 4) is 5.75 Å². The van der Waals surface area contributed by atoms with Gasteiger partial charge in [-0.15, -0.1) is 10.2 Å². The molecule has 0 aromatic carbocycles. The fraction of sp³-hybridized carbons (Fsp3) is 0.400. The number of hydrogen-bond donors (Lipinski definition) is 0. The maximum Gasteiger partial charge on any atom is 0.161 e. The van der Waals surface area contributed by atoms with Gasteiger partial charge in [-0.25, -0.2) is 0 Å². The van der Waals surface area contributed by atoms with E-state index >= 15 is 0 Å². The van der Waals surface area contributed by atoms with Crippen LogP contribution >= 0.6 is 0 Å². The molecule has 0 saturated heterocycles. The van der Waals surface area contributed by atoms with Crippen LogP contribution in [-0.2, 0) is 0 Å². The first kappa shape index (κ1) is 7.79. The van der Waals surface area contributed by atoms with Gasteiger partial charge in [-0.05, 0) is 25.0 Å². The molecule has 0 N–H and O–H groups in total. The molecule has 1 aliphatic carbocycles. The Morgan fingerprint density at radius 2 is 2.21 bits per heavy atom. The molecule has 3 rings (SSSR count). The standard InChI is InChI=1S/C10H11N3O/c1-14-8-4-5-9-11-12-10(7-2-3-7)13(9)6-8/h4-7H,2-3H2,1H3. The Morgan fingerprint density at radius 1 is 1.36 bits per heavy atom. The monoisotopic (exact) mass is 189 g/mol. The molecule has 0 amide bonds. The molecule has 0 aliphatic heterocycles. The quantitative estimate of drug-likeness (QED) is 0.720. The number of aromatic nitrogens is 3. The molecule has 0 bridgehead atoms. The van der Waals surface area contributed by atoms with E-state index in [0.717, 1.165) is 17.2 Å². The smallest absolute Gasteiger partial charge is 0.161 e. The number of fused-ring (bicyclic) bond motifs is 1. The second-order valence-corrected chi connectivity index (χ2v) is 3.63. The van der Waals surface area contributed by atoms with Crippen molar-refractivity contribution in [2.45, 2.75) is 18.8 Å². The van der Waals surface area contributed by atoms with Gasteiger partial charge >= 0.3 is 0 Å². The Labute approximate surface area is 81.5 Å². The van der Waals surface area contributed by atoms with E-state index < -0.39 is 0 Å². The SMILES string of the molecule is COc1ccc2nnc(C3CC3)n2c1. The van der Waals surface area contributed by atoms with E-state index in [1.54, 1.807) is 7.11 Å². The first-order valence-electron chi connectivity index (χ1n) is 4.77. The Bertz CT molecular complexity index is 473. The van der Waals surface area contributed by atoms with E-state index in [9.17, 15) is 0 Å². The normalized spacial score (nSPS) is 16.1. The van der Waals surface area contributed by atoms with Crippen LogP contribution < -0.4 is 4.74 Å². The lowest BCUT2D eigenvalue weighted by Crippen LogP contribution is -1.93. The highest BCUT2D eigenvalue weighted by Crippen LogP contribution is 2.39. The van der Waals surface area contributed by atoms with Crippen LogP contribution in [0.5, 0.6) is 5.75 Å². The van der Waals surface area contributed by atoms with Crippen LogP contribution in [0.4, 0.5) is 0 Å². The molecule has 4 nitrogen and oxygen atoms in total. The molecule has 72 valence electrons. The Morgan fingerprint density at radius 3 is 2.93 bits per heavy atom. The van der Waals surface area contributed by atoms with Crippen LogP contribution in [0, 0.1) is 0 Å². The highest BCUT2D eigenvalue weighted by atomic mass is 16.5. The van der Waals surface area contributed by atoms with Gasteiger partial charge in [0.25, 0.3) is 0 Å². The number of methoxy groups -OCH3 is 1. The van der Waals surface area contributed by atoms with Crippen LogP contribution in [0.15, 0.2) is 18.3 Å². The minimum atomic E-state index is 0.608. The minimum Gasteiger partial charge on any atom is -0.495 e. The van der Waals surface area contributed by atoms with Gasteiger partial charge in [-0.3, -0.25) is 4.40 Å². The van der Waals surface area contributed by atoms with Gasteiger partial charge in [0, 0.05) is 5.92 Å². The Hall–Kier alpha value is -1.58. The molecular formula is C10H11N3O. The molecule has 1 aliphatic rings. The van der Waals surface area contributed by atoms with Crippen LogP contribution in [0.25, 0.3) is 5.65 Å². The first-order valence-corrected chi connectivity index (χ1v) is 4.77. The summed E-state index contributed by atoms with van der Waals surface area (Å²) in [7, 11) is 1.67. The number of ether oxygens (including phenoxy) is 1. The summed E-state index contributed by atoms with van der Waals surface area (Å²) in [5, 5.41) is 8.30. The van der Waals surface area contributed by atoms with E-state index in [2.05, 4.69) is 10.2 Å². The number of pyridine rings is 1. The van der Waals surface area contributed by atoms with E-state index in [0.29, 0.717) is 5.92 Å². The Kier molecular flexibility index (Phi) is 1.50. The lowest BCUT2D eigenvalue weighted by Gasteiger charge is -2.01. The van der Waals surface area contributed by atoms with Gasteiger partial charge in [0.1, 0.15) is 11.6 Å². The highest BCUT2D eigenvalue weighted by molar-refractivity contribution is 5.42. The molecule has 0 unspecified atom stereocenters. The first-order chi connectivity index (χ1) is 6.88. The summed E-state index contributed by atoms with van der Waals surface area (Å²) in [6.45, 7) is 0. The summed E-state index contributed by atoms with van der Waals surface area (Å²) in [5.74, 6) is 2.52. The van der Waals surface area contributed by atoms with Crippen molar-refractivity contribution in [2.75, 3.05) is 7.11 Å². The van der Waals surface area contributed by atoms with Crippen molar-refractivity contribution in [3.05, 3.63) is 24.2 Å². The van der Waals surface area contributed by atoms with Crippen LogP contribution in [0.1, 0.15) is 24.6 Å². The zero-order chi connectivity index (χ0) is 9.54. The summed E-state index contributed by atoms with van der Waals surface area (Å²) >= 11 is 0. The highest BCUT2D eigenvalue weighted by Gasteiger charge is 2.28. The number of hydrogen-bond acceptors (Lipinski definition) is 3. The summed E-state index contributed by atoms with van der Waals surface area (Å²) in [4.78, 5) is 0. The van der Waals surface area contributed by atoms with Crippen LogP contribution in [-0.4, -0.2) is 21.7 Å². The van der Waals surface area contributed by atoms with E-state index in [-0.39, 0.29) is 0 Å². The maximum atomic E-state index is 5.17. The second-order valence-electron chi connectivity index (χ2n) is 3.63. The fourth-order valence-corrected chi connectivity index (χ4v) is 1.63. The van der Waals surface area contributed by atoms with Crippen LogP contribution in [0.2, 0.25) is 0 Å². The third-order valence-electron chi connectivity index (χ3n) is 2.58. The lowest BCUT2D eigenvalue weighted by molar-refractivity contribution is 0.412. The van der Waals surface area contributed by atoms with E-state index in [1.165, 1.54) is 12.8 Å². The molecule has 2 aromatic heterocycles. The van der Waals surface area contributed by atoms with Crippen molar-refractivity contribution in [2.24, 2.45) is 0 Å². The van der Waals surface area contributed by atoms with Crippen molar-refractivity contribution in [3.63, 3.8) is 0 Å². The fourth-order valence-electron chi connectivity index (χ4n) is 1.63. The van der Waals surface area contributed by atoms with Gasteiger partial charge in [-0.1, -0.05) is 0 Å². The summed E-state index contributed by atoms with van der Waals surface area (Å²) < 4.78 is 7.19. The predicted octanol–water partition coefficient (Wildman–Crippen LogP) is 1.62. The summed E-state index contributed by atoms with van der Waals surface area (Å²) in [6, 6.07) is 3.83. The Balaban J connectivity index is 2.20. The topological polar surface area (TPSA) is 39.4 Å². The molecule has 0 spiro atoms. The van der Waals surface area contributed by atoms with Crippen molar-refractivity contribution < 1.29 is 4.74 Å². The third-order valence-corrected chi connectivity index (χ3v) is 2.58. The molecule has 2 aromatic rings. The van der Waals surface area contributed by atoms with Crippen molar-refractivity contribution in [1.82, 2.24) is 14.6 Å². The lowest BCUT2D eigenvalue weighted by atomic mass is 10.4. The molecule has 0 atom stereocenters. The third kappa shape index (κ3) is 1.07. The van der Waals surface area contributed by atoms with E-state index in [4.69, 9.17) is 4.74 Å². The average molecular weight is 189 g/mol. The van der Waals surface area contributed by atoms with E-state index in [1.807, 2.05) is 22.7 Å². The molecule has 14 heavy (non-hydrogen) atoms. The zero-order valence-electron chi connectivity index (χ0n) is 7.97. The van der Waals surface area contributed by atoms with Gasteiger partial charge in [-0.2, -0.15) is 0 Å². The molecular weight excluding hydrogens is 178 g/mol. The average Bonchev–Trinajstić information content (AvgIpc) is 2.98. The van der Waals surface area contributed by atoms with Gasteiger partial charge in [0.2, 0.25) is 0 Å². The van der Waals surface area contributed by atoms with Crippen LogP contribution in [0.3, 0.4) is 0 Å². The molecule has 2 heterocycles. The second kappa shape index (κ2) is 2.70. The minimum absolute atomic E-state index is 0.608. The molecule has 0 radical (unpaired) electrons. The molecule has 1 saturated carbocycles. The van der Waals surface area contributed by atoms with Crippen molar-refractivity contribution >= 4 is 5.65 Å². The zero-order valence-corrected chi connectivity index (χ0v) is 7.97. The summed E-state index contributed by atoms with van der Waals surface area (Å²) in [5.41, 5.74) is 0.896. The number of nitrogens with zero attached hydrogens (tertiary/aromatic N) is 3. The summed E-state index contributed by atoms with van der Waals surface area (Å²) in [6.07, 6.45) is 4.42. The largest absolute Gasteiger partial charge is 0.495 e. The van der Waals surface area contributed by atoms with Gasteiger partial charge in [0.05, 0.1) is 13.3 Å². The van der Waals surface area contributed by atoms with Gasteiger partial charge < -0.3 is 4.74 Å². The molecule has 1 fully saturated rings. The molecule has 4 heteroatoms. The van der Waals surface area contributed by atoms with Crippen molar-refractivity contribution in [1.29, 1.82) is 0 Å². The predicted molar refractivity (Wildman–Crippen MR) is 51.5 cm³/mol. The number of rotatable bonds is 2. The maximum absolute atomic E-state index is 5.17. The van der Waals surface area contributed by atoms with Gasteiger partial charge in [0.15, 0.2) is 5.65 Å².